The highest BCUT2D eigenvalue weighted by atomic mass is 35.5. The van der Waals surface area contributed by atoms with E-state index >= 15 is 0 Å². The van der Waals surface area contributed by atoms with Crippen LogP contribution in [0.4, 0.5) is 0 Å². The van der Waals surface area contributed by atoms with Gasteiger partial charge in [0.05, 0.1) is 6.10 Å². The molecule has 0 spiro atoms. The van der Waals surface area contributed by atoms with Gasteiger partial charge >= 0.3 is 0 Å². The van der Waals surface area contributed by atoms with Gasteiger partial charge in [-0.3, -0.25) is 0 Å². The zero-order valence-electron chi connectivity index (χ0n) is 11.3. The number of halogens is 1. The molecule has 2 aromatic rings. The van der Waals surface area contributed by atoms with Crippen molar-refractivity contribution in [3.8, 4) is 0 Å². The first kappa shape index (κ1) is 15.0. The maximum Gasteiger partial charge on any atom is 0.0945 e. The molecule has 2 aromatic carbocycles. The minimum atomic E-state index is -0.395. The van der Waals surface area contributed by atoms with Crippen LogP contribution in [-0.2, 0) is 13.0 Å². The molecule has 0 heterocycles. The van der Waals surface area contributed by atoms with Crippen LogP contribution in [0.5, 0.6) is 0 Å². The van der Waals surface area contributed by atoms with Crippen molar-refractivity contribution in [3.05, 3.63) is 71.3 Å². The number of aliphatic hydroxyl groups excluding tert-OH is 1. The summed E-state index contributed by atoms with van der Waals surface area (Å²) in [6.07, 6.45) is 1.64. The summed E-state index contributed by atoms with van der Waals surface area (Å²) in [6.45, 7) is 0.810. The Hall–Kier alpha value is -1.35. The van der Waals surface area contributed by atoms with Gasteiger partial charge in [0.25, 0.3) is 0 Å². The minimum absolute atomic E-state index is 0. The summed E-state index contributed by atoms with van der Waals surface area (Å²) in [6, 6.07) is 18.7. The lowest BCUT2D eigenvalue weighted by Gasteiger charge is -2.31. The van der Waals surface area contributed by atoms with Crippen LogP contribution in [0.25, 0.3) is 0 Å². The molecule has 1 aliphatic carbocycles. The molecule has 106 valence electrons. The first-order valence-corrected chi connectivity index (χ1v) is 6.88. The summed E-state index contributed by atoms with van der Waals surface area (Å²) < 4.78 is 0. The van der Waals surface area contributed by atoms with Gasteiger partial charge in [0.1, 0.15) is 0 Å². The van der Waals surface area contributed by atoms with E-state index < -0.39 is 6.10 Å². The van der Waals surface area contributed by atoms with Crippen molar-refractivity contribution >= 4 is 12.4 Å². The first-order valence-electron chi connectivity index (χ1n) is 6.88. The average molecular weight is 290 g/mol. The van der Waals surface area contributed by atoms with E-state index in [1.54, 1.807) is 0 Å². The van der Waals surface area contributed by atoms with Crippen LogP contribution in [0.15, 0.2) is 54.6 Å². The van der Waals surface area contributed by atoms with Crippen molar-refractivity contribution in [2.45, 2.75) is 31.5 Å². The Labute approximate surface area is 126 Å². The van der Waals surface area contributed by atoms with Crippen molar-refractivity contribution in [2.75, 3.05) is 0 Å². The number of aliphatic hydroxyl groups is 1. The number of benzene rings is 2. The number of hydrogen-bond donors (Lipinski definition) is 2. The van der Waals surface area contributed by atoms with Gasteiger partial charge in [0, 0.05) is 12.6 Å². The van der Waals surface area contributed by atoms with Crippen molar-refractivity contribution in [2.24, 2.45) is 0 Å². The molecule has 2 unspecified atom stereocenters. The second-order valence-electron chi connectivity index (χ2n) is 5.16. The fourth-order valence-electron chi connectivity index (χ4n) is 2.79. The average Bonchev–Trinajstić information content (AvgIpc) is 2.48. The van der Waals surface area contributed by atoms with Crippen LogP contribution in [0, 0.1) is 0 Å². The van der Waals surface area contributed by atoms with Gasteiger partial charge in [-0.2, -0.15) is 0 Å². The lowest BCUT2D eigenvalue weighted by Crippen LogP contribution is -2.37. The molecule has 0 amide bonds. The molecule has 0 radical (unpaired) electrons. The Morgan fingerprint density at radius 2 is 1.70 bits per heavy atom. The van der Waals surface area contributed by atoms with Gasteiger partial charge in [0.2, 0.25) is 0 Å². The molecule has 0 aromatic heterocycles. The SMILES string of the molecule is Cl.OC1c2ccccc2CCC1NCc1ccccc1. The van der Waals surface area contributed by atoms with Gasteiger partial charge in [-0.25, -0.2) is 0 Å². The summed E-state index contributed by atoms with van der Waals surface area (Å²) in [7, 11) is 0. The normalized spacial score (nSPS) is 20.9. The highest BCUT2D eigenvalue weighted by molar-refractivity contribution is 5.85. The maximum atomic E-state index is 10.4. The lowest BCUT2D eigenvalue weighted by atomic mass is 9.86. The summed E-state index contributed by atoms with van der Waals surface area (Å²) in [5, 5.41) is 13.9. The molecule has 20 heavy (non-hydrogen) atoms. The number of aryl methyl sites for hydroxylation is 1. The van der Waals surface area contributed by atoms with E-state index in [2.05, 4.69) is 23.5 Å². The van der Waals surface area contributed by atoms with Crippen LogP contribution >= 0.6 is 12.4 Å². The number of hydrogen-bond acceptors (Lipinski definition) is 2. The molecule has 2 nitrogen and oxygen atoms in total. The van der Waals surface area contributed by atoms with Gasteiger partial charge in [-0.15, -0.1) is 12.4 Å². The summed E-state index contributed by atoms with van der Waals surface area (Å²) in [5.41, 5.74) is 3.63. The Morgan fingerprint density at radius 1 is 1.00 bits per heavy atom. The molecule has 3 rings (SSSR count). The molecule has 0 saturated heterocycles. The largest absolute Gasteiger partial charge is 0.387 e. The second kappa shape index (κ2) is 6.89. The molecule has 0 saturated carbocycles. The van der Waals surface area contributed by atoms with Gasteiger partial charge in [-0.05, 0) is 29.5 Å². The monoisotopic (exact) mass is 289 g/mol. The van der Waals surface area contributed by atoms with E-state index in [0.29, 0.717) is 0 Å². The van der Waals surface area contributed by atoms with Crippen LogP contribution in [0.2, 0.25) is 0 Å². The van der Waals surface area contributed by atoms with Gasteiger partial charge in [-0.1, -0.05) is 54.6 Å². The molecular weight excluding hydrogens is 270 g/mol. The quantitative estimate of drug-likeness (QED) is 0.909. The molecule has 0 aliphatic heterocycles. The van der Waals surface area contributed by atoms with Crippen molar-refractivity contribution < 1.29 is 5.11 Å². The van der Waals surface area contributed by atoms with Crippen LogP contribution in [-0.4, -0.2) is 11.1 Å². The van der Waals surface area contributed by atoms with E-state index in [1.807, 2.05) is 36.4 Å². The standard InChI is InChI=1S/C17H19NO.ClH/c19-17-15-9-5-4-8-14(15)10-11-16(17)18-12-13-6-2-1-3-7-13;/h1-9,16-19H,10-12H2;1H. The summed E-state index contributed by atoms with van der Waals surface area (Å²) in [4.78, 5) is 0. The van der Waals surface area contributed by atoms with Crippen LogP contribution in [0.3, 0.4) is 0 Å². The molecule has 3 heteroatoms. The topological polar surface area (TPSA) is 32.3 Å². The molecule has 1 aliphatic rings. The minimum Gasteiger partial charge on any atom is -0.387 e. The molecule has 2 atom stereocenters. The summed E-state index contributed by atoms with van der Waals surface area (Å²) in [5.74, 6) is 0. The summed E-state index contributed by atoms with van der Waals surface area (Å²) >= 11 is 0. The van der Waals surface area contributed by atoms with Crippen molar-refractivity contribution in [3.63, 3.8) is 0 Å². The predicted molar refractivity (Wildman–Crippen MR) is 84.0 cm³/mol. The van der Waals surface area contributed by atoms with E-state index in [0.717, 1.165) is 24.9 Å². The molecule has 0 fully saturated rings. The Kier molecular flexibility index (Phi) is 5.18. The third-order valence-electron chi connectivity index (χ3n) is 3.89. The van der Waals surface area contributed by atoms with Crippen molar-refractivity contribution in [1.82, 2.24) is 5.32 Å². The smallest absolute Gasteiger partial charge is 0.0945 e. The molecule has 0 bridgehead atoms. The molecular formula is C17H20ClNO. The lowest BCUT2D eigenvalue weighted by molar-refractivity contribution is 0.114. The maximum absolute atomic E-state index is 10.4. The Morgan fingerprint density at radius 3 is 2.50 bits per heavy atom. The fourth-order valence-corrected chi connectivity index (χ4v) is 2.79. The number of fused-ring (bicyclic) bond motifs is 1. The van der Waals surface area contributed by atoms with E-state index in [9.17, 15) is 5.11 Å². The van der Waals surface area contributed by atoms with E-state index in [-0.39, 0.29) is 18.4 Å². The Balaban J connectivity index is 0.00000147. The highest BCUT2D eigenvalue weighted by Crippen LogP contribution is 2.29. The van der Waals surface area contributed by atoms with Crippen LogP contribution in [0.1, 0.15) is 29.2 Å². The van der Waals surface area contributed by atoms with Gasteiger partial charge < -0.3 is 10.4 Å². The van der Waals surface area contributed by atoms with Gasteiger partial charge in [0.15, 0.2) is 0 Å². The van der Waals surface area contributed by atoms with E-state index in [1.165, 1.54) is 11.1 Å². The van der Waals surface area contributed by atoms with Crippen molar-refractivity contribution in [1.29, 1.82) is 0 Å². The zero-order chi connectivity index (χ0) is 13.1. The second-order valence-corrected chi connectivity index (χ2v) is 5.16. The number of nitrogens with one attached hydrogen (secondary N) is 1. The van der Waals surface area contributed by atoms with E-state index in [4.69, 9.17) is 0 Å². The van der Waals surface area contributed by atoms with Crippen LogP contribution < -0.4 is 5.32 Å². The third kappa shape index (κ3) is 3.21. The molecule has 2 N–H and O–H groups in total. The highest BCUT2D eigenvalue weighted by Gasteiger charge is 2.26. The first-order chi connectivity index (χ1) is 9.34. The number of rotatable bonds is 3. The zero-order valence-corrected chi connectivity index (χ0v) is 12.1. The predicted octanol–water partition coefficient (Wildman–Crippen LogP) is 3.25. The third-order valence-corrected chi connectivity index (χ3v) is 3.89. The fraction of sp³-hybridized carbons (Fsp3) is 0.294. The Bertz CT molecular complexity index is 544.